The normalized spacial score (nSPS) is 13.2. The maximum Gasteiger partial charge on any atom is 0.412 e. The van der Waals surface area contributed by atoms with E-state index in [2.05, 4.69) is 10.1 Å². The van der Waals surface area contributed by atoms with Gasteiger partial charge in [0.25, 0.3) is 0 Å². The van der Waals surface area contributed by atoms with Crippen molar-refractivity contribution in [2.75, 3.05) is 12.4 Å². The number of amides is 1. The highest BCUT2D eigenvalue weighted by Crippen LogP contribution is 2.30. The molecule has 3 N–H and O–H groups in total. The van der Waals surface area contributed by atoms with Gasteiger partial charge < -0.3 is 15.2 Å². The Hall–Kier alpha value is -2.15. The number of carbonyl (C=O) groups excluding carboxylic acids is 2. The van der Waals surface area contributed by atoms with Crippen molar-refractivity contribution in [3.63, 3.8) is 0 Å². The van der Waals surface area contributed by atoms with Crippen LogP contribution in [0.5, 0.6) is 0 Å². The molecule has 0 radical (unpaired) electrons. The third-order valence-electron chi connectivity index (χ3n) is 3.54. The van der Waals surface area contributed by atoms with E-state index in [-0.39, 0.29) is 11.3 Å². The van der Waals surface area contributed by atoms with Gasteiger partial charge in [0.1, 0.15) is 17.5 Å². The summed E-state index contributed by atoms with van der Waals surface area (Å²) in [4.78, 5) is 23.4. The van der Waals surface area contributed by atoms with Crippen LogP contribution in [-0.4, -0.2) is 30.8 Å². The zero-order chi connectivity index (χ0) is 18.7. The molecule has 7 heteroatoms. The number of nitrogens with two attached hydrogens (primary N) is 1. The van der Waals surface area contributed by atoms with Crippen molar-refractivity contribution >= 4 is 17.7 Å². The molecule has 1 atom stereocenters. The molecule has 24 heavy (non-hydrogen) atoms. The molecule has 0 saturated heterocycles. The van der Waals surface area contributed by atoms with Crippen LogP contribution in [0.4, 0.5) is 14.9 Å². The Morgan fingerprint density at radius 1 is 1.21 bits per heavy atom. The lowest BCUT2D eigenvalue weighted by atomic mass is 9.77. The van der Waals surface area contributed by atoms with Crippen LogP contribution in [-0.2, 0) is 19.7 Å². The summed E-state index contributed by atoms with van der Waals surface area (Å²) in [6.45, 7) is 8.48. The predicted octanol–water partition coefficient (Wildman–Crippen LogP) is 2.95. The predicted molar refractivity (Wildman–Crippen MR) is 89.3 cm³/mol. The second-order valence-electron chi connectivity index (χ2n) is 7.04. The van der Waals surface area contributed by atoms with E-state index >= 15 is 0 Å². The van der Waals surface area contributed by atoms with Crippen LogP contribution in [0.3, 0.4) is 0 Å². The molecule has 1 aromatic carbocycles. The molecule has 0 aliphatic carbocycles. The smallest absolute Gasteiger partial charge is 0.412 e. The van der Waals surface area contributed by atoms with Crippen LogP contribution in [0.15, 0.2) is 18.2 Å². The Kier molecular flexibility index (Phi) is 5.94. The third kappa shape index (κ3) is 4.92. The topological polar surface area (TPSA) is 90.6 Å². The van der Waals surface area contributed by atoms with Crippen LogP contribution in [0, 0.1) is 5.82 Å². The van der Waals surface area contributed by atoms with Gasteiger partial charge in [-0.05, 0) is 38.5 Å². The number of hydrogen-bond donors (Lipinski definition) is 2. The molecule has 6 nitrogen and oxygen atoms in total. The van der Waals surface area contributed by atoms with Gasteiger partial charge in [-0.1, -0.05) is 19.9 Å². The molecule has 0 heterocycles. The van der Waals surface area contributed by atoms with Gasteiger partial charge >= 0.3 is 12.1 Å². The quantitative estimate of drug-likeness (QED) is 0.822. The number of hydrogen-bond acceptors (Lipinski definition) is 5. The van der Waals surface area contributed by atoms with Crippen molar-refractivity contribution in [3.05, 3.63) is 29.6 Å². The van der Waals surface area contributed by atoms with Crippen LogP contribution in [0.1, 0.15) is 40.2 Å². The van der Waals surface area contributed by atoms with Crippen LogP contribution in [0.25, 0.3) is 0 Å². The Morgan fingerprint density at radius 3 is 2.25 bits per heavy atom. The third-order valence-corrected chi connectivity index (χ3v) is 3.54. The van der Waals surface area contributed by atoms with Crippen LogP contribution >= 0.6 is 0 Å². The summed E-state index contributed by atoms with van der Waals surface area (Å²) in [7, 11) is 1.22. The van der Waals surface area contributed by atoms with Crippen molar-refractivity contribution in [3.8, 4) is 0 Å². The molecule has 0 aliphatic heterocycles. The lowest BCUT2D eigenvalue weighted by molar-refractivity contribution is -0.143. The largest absolute Gasteiger partial charge is 0.468 e. The summed E-state index contributed by atoms with van der Waals surface area (Å²) in [5.41, 5.74) is 4.71. The van der Waals surface area contributed by atoms with E-state index in [9.17, 15) is 14.0 Å². The van der Waals surface area contributed by atoms with E-state index in [1.54, 1.807) is 34.6 Å². The lowest BCUT2D eigenvalue weighted by Gasteiger charge is -2.30. The molecule has 0 bridgehead atoms. The highest BCUT2D eigenvalue weighted by Gasteiger charge is 2.36. The van der Waals surface area contributed by atoms with Crippen molar-refractivity contribution < 1.29 is 23.5 Å². The number of rotatable bonds is 4. The maximum atomic E-state index is 14.5. The van der Waals surface area contributed by atoms with Crippen molar-refractivity contribution in [1.29, 1.82) is 0 Å². The van der Waals surface area contributed by atoms with Crippen molar-refractivity contribution in [2.45, 2.75) is 51.7 Å². The van der Waals surface area contributed by atoms with E-state index < -0.39 is 34.9 Å². The number of methoxy groups -OCH3 is 1. The number of nitrogens with one attached hydrogen (secondary N) is 1. The fourth-order valence-electron chi connectivity index (χ4n) is 2.13. The minimum absolute atomic E-state index is 0.243. The minimum Gasteiger partial charge on any atom is -0.468 e. The molecule has 1 aromatic rings. The first-order chi connectivity index (χ1) is 10.9. The molecule has 0 fully saturated rings. The summed E-state index contributed by atoms with van der Waals surface area (Å²) in [6.07, 6.45) is -0.680. The van der Waals surface area contributed by atoms with Gasteiger partial charge in [-0.3, -0.25) is 10.1 Å². The number of esters is 1. The SMILES string of the molecule is COC(=O)C(N)C(C)(C)c1ccc(NC(=O)OC(C)(C)C)cc1F. The Morgan fingerprint density at radius 2 is 1.79 bits per heavy atom. The molecule has 134 valence electrons. The number of carbonyl (C=O) groups is 2. The second-order valence-corrected chi connectivity index (χ2v) is 7.04. The number of halogens is 1. The summed E-state index contributed by atoms with van der Waals surface area (Å²) in [6, 6.07) is 3.13. The summed E-state index contributed by atoms with van der Waals surface area (Å²) < 4.78 is 24.2. The van der Waals surface area contributed by atoms with Gasteiger partial charge in [0.05, 0.1) is 7.11 Å². The van der Waals surface area contributed by atoms with E-state index in [0.717, 1.165) is 6.07 Å². The zero-order valence-corrected chi connectivity index (χ0v) is 14.9. The Labute approximate surface area is 141 Å². The summed E-state index contributed by atoms with van der Waals surface area (Å²) in [5.74, 6) is -1.22. The Balaban J connectivity index is 2.99. The lowest BCUT2D eigenvalue weighted by Crippen LogP contribution is -2.47. The van der Waals surface area contributed by atoms with E-state index in [1.807, 2.05) is 0 Å². The molecule has 1 unspecified atom stereocenters. The molecular formula is C17H25FN2O4. The summed E-state index contributed by atoms with van der Waals surface area (Å²) >= 11 is 0. The Bertz CT molecular complexity index is 624. The highest BCUT2D eigenvalue weighted by atomic mass is 19.1. The van der Waals surface area contributed by atoms with Gasteiger partial charge in [-0.15, -0.1) is 0 Å². The minimum atomic E-state index is -1.03. The molecular weight excluding hydrogens is 315 g/mol. The van der Waals surface area contributed by atoms with Gasteiger partial charge in [0.15, 0.2) is 0 Å². The van der Waals surface area contributed by atoms with E-state index in [0.29, 0.717) is 0 Å². The molecule has 0 saturated carbocycles. The molecule has 0 aliphatic rings. The van der Waals surface area contributed by atoms with Crippen LogP contribution in [0.2, 0.25) is 0 Å². The zero-order valence-electron chi connectivity index (χ0n) is 14.9. The molecule has 0 aromatic heterocycles. The molecule has 0 spiro atoms. The first kappa shape index (κ1) is 19.9. The standard InChI is InChI=1S/C17H25FN2O4/c1-16(2,3)24-15(22)20-10-7-8-11(12(18)9-10)17(4,5)13(19)14(21)23-6/h7-9,13H,19H2,1-6H3,(H,20,22). The first-order valence-electron chi connectivity index (χ1n) is 7.52. The average Bonchev–Trinajstić information content (AvgIpc) is 2.43. The fourth-order valence-corrected chi connectivity index (χ4v) is 2.13. The van der Waals surface area contributed by atoms with Gasteiger partial charge in [-0.25, -0.2) is 9.18 Å². The maximum absolute atomic E-state index is 14.5. The van der Waals surface area contributed by atoms with Crippen LogP contribution < -0.4 is 11.1 Å². The van der Waals surface area contributed by atoms with Gasteiger partial charge in [0.2, 0.25) is 0 Å². The first-order valence-corrected chi connectivity index (χ1v) is 7.52. The number of ether oxygens (including phenoxy) is 2. The number of benzene rings is 1. The monoisotopic (exact) mass is 340 g/mol. The van der Waals surface area contributed by atoms with Crippen molar-refractivity contribution in [2.24, 2.45) is 5.73 Å². The molecule has 1 amide bonds. The van der Waals surface area contributed by atoms with E-state index in [1.165, 1.54) is 19.2 Å². The van der Waals surface area contributed by atoms with Gasteiger partial charge in [0, 0.05) is 11.1 Å². The van der Waals surface area contributed by atoms with Gasteiger partial charge in [-0.2, -0.15) is 0 Å². The van der Waals surface area contributed by atoms with Crippen molar-refractivity contribution in [1.82, 2.24) is 0 Å². The second kappa shape index (κ2) is 7.17. The summed E-state index contributed by atoms with van der Waals surface area (Å²) in [5, 5.41) is 2.46. The molecule has 1 rings (SSSR count). The number of anilines is 1. The fraction of sp³-hybridized carbons (Fsp3) is 0.529. The van der Waals surface area contributed by atoms with E-state index in [4.69, 9.17) is 10.5 Å². The highest BCUT2D eigenvalue weighted by molar-refractivity contribution is 5.85. The average molecular weight is 340 g/mol.